The van der Waals surface area contributed by atoms with Gasteiger partial charge in [0.2, 0.25) is 0 Å². The fourth-order valence-electron chi connectivity index (χ4n) is 2.86. The number of benzene rings is 2. The second kappa shape index (κ2) is 5.91. The number of hydrogen-bond donors (Lipinski definition) is 0. The van der Waals surface area contributed by atoms with Crippen LogP contribution >= 0.6 is 0 Å². The van der Waals surface area contributed by atoms with E-state index < -0.39 is 10.1 Å². The predicted octanol–water partition coefficient (Wildman–Crippen LogP) is 3.78. The predicted molar refractivity (Wildman–Crippen MR) is 92.7 cm³/mol. The highest BCUT2D eigenvalue weighted by Gasteiger charge is 2.32. The van der Waals surface area contributed by atoms with Crippen molar-refractivity contribution in [3.8, 4) is 5.75 Å². The molecule has 0 saturated carbocycles. The van der Waals surface area contributed by atoms with Gasteiger partial charge in [0, 0.05) is 5.92 Å². The summed E-state index contributed by atoms with van der Waals surface area (Å²) in [5, 5.41) is 0. The Bertz CT molecular complexity index is 925. The summed E-state index contributed by atoms with van der Waals surface area (Å²) in [5.41, 5.74) is 2.85. The Morgan fingerprint density at radius 1 is 1.21 bits per heavy atom. The van der Waals surface area contributed by atoms with Crippen LogP contribution in [-0.4, -0.2) is 14.2 Å². The van der Waals surface area contributed by atoms with Crippen LogP contribution < -0.4 is 4.18 Å². The first-order chi connectivity index (χ1) is 11.3. The number of ketones is 1. The van der Waals surface area contributed by atoms with Crippen molar-refractivity contribution in [2.45, 2.75) is 25.2 Å². The molecule has 0 aromatic heterocycles. The molecule has 0 N–H and O–H groups in total. The third-order valence-electron chi connectivity index (χ3n) is 4.17. The summed E-state index contributed by atoms with van der Waals surface area (Å²) in [6.07, 6.45) is 2.19. The van der Waals surface area contributed by atoms with Gasteiger partial charge in [-0.15, -0.1) is 0 Å². The molecule has 2 aromatic rings. The summed E-state index contributed by atoms with van der Waals surface area (Å²) < 4.78 is 30.4. The highest BCUT2D eigenvalue weighted by Crippen LogP contribution is 2.36. The maximum atomic E-state index is 12.5. The van der Waals surface area contributed by atoms with Crippen LogP contribution in [0.4, 0.5) is 0 Å². The van der Waals surface area contributed by atoms with E-state index in [1.54, 1.807) is 24.3 Å². The Labute approximate surface area is 141 Å². The van der Waals surface area contributed by atoms with Crippen LogP contribution in [0.15, 0.2) is 47.9 Å². The second-order valence-electron chi connectivity index (χ2n) is 6.08. The van der Waals surface area contributed by atoms with Gasteiger partial charge in [-0.1, -0.05) is 43.3 Å². The number of Topliss-reactive ketones (excluding diaryl/α,β-unsaturated/α-hetero) is 1. The Morgan fingerprint density at radius 3 is 2.50 bits per heavy atom. The number of fused-ring (bicyclic) bond motifs is 1. The van der Waals surface area contributed by atoms with Crippen LogP contribution in [0.1, 0.15) is 34.0 Å². The van der Waals surface area contributed by atoms with Crippen molar-refractivity contribution in [1.82, 2.24) is 0 Å². The fraction of sp³-hybridized carbons (Fsp3) is 0.211. The summed E-state index contributed by atoms with van der Waals surface area (Å²) in [6, 6.07) is 9.80. The molecule has 2 aromatic carbocycles. The van der Waals surface area contributed by atoms with Gasteiger partial charge in [0.25, 0.3) is 0 Å². The van der Waals surface area contributed by atoms with Crippen LogP contribution in [0, 0.1) is 12.8 Å². The van der Waals surface area contributed by atoms with Gasteiger partial charge in [-0.25, -0.2) is 0 Å². The van der Waals surface area contributed by atoms with Crippen molar-refractivity contribution < 1.29 is 17.4 Å². The van der Waals surface area contributed by atoms with Gasteiger partial charge in [0.1, 0.15) is 4.90 Å². The first-order valence-electron chi connectivity index (χ1n) is 7.66. The van der Waals surface area contributed by atoms with Crippen molar-refractivity contribution in [3.63, 3.8) is 0 Å². The maximum Gasteiger partial charge on any atom is 0.339 e. The van der Waals surface area contributed by atoms with Gasteiger partial charge in [-0.05, 0) is 42.7 Å². The number of rotatable bonds is 4. The fourth-order valence-corrected chi connectivity index (χ4v) is 3.79. The van der Waals surface area contributed by atoms with Crippen molar-refractivity contribution in [3.05, 3.63) is 65.2 Å². The molecule has 0 radical (unpaired) electrons. The minimum absolute atomic E-state index is 0.0596. The average molecular weight is 342 g/mol. The maximum absolute atomic E-state index is 12.5. The van der Waals surface area contributed by atoms with E-state index in [4.69, 9.17) is 4.18 Å². The quantitative estimate of drug-likeness (QED) is 0.793. The molecule has 1 aliphatic rings. The SMILES string of the molecule is C=Cc1cc2c(c(OS(=O)(=O)c3ccc(C)cc3)c1)C(=O)C(C)C2. The third-order valence-corrected chi connectivity index (χ3v) is 5.42. The molecule has 5 heteroatoms. The third kappa shape index (κ3) is 2.87. The zero-order valence-electron chi connectivity index (χ0n) is 13.6. The van der Waals surface area contributed by atoms with Crippen LogP contribution in [0.2, 0.25) is 0 Å². The van der Waals surface area contributed by atoms with E-state index in [1.807, 2.05) is 19.9 Å². The summed E-state index contributed by atoms with van der Waals surface area (Å²) in [6.45, 7) is 7.41. The van der Waals surface area contributed by atoms with Crippen LogP contribution in [0.3, 0.4) is 0 Å². The van der Waals surface area contributed by atoms with Crippen LogP contribution in [-0.2, 0) is 16.5 Å². The van der Waals surface area contributed by atoms with E-state index >= 15 is 0 Å². The highest BCUT2D eigenvalue weighted by molar-refractivity contribution is 7.87. The molecule has 24 heavy (non-hydrogen) atoms. The first kappa shape index (κ1) is 16.5. The van der Waals surface area contributed by atoms with Gasteiger partial charge in [-0.3, -0.25) is 4.79 Å². The summed E-state index contributed by atoms with van der Waals surface area (Å²) in [4.78, 5) is 12.4. The topological polar surface area (TPSA) is 60.4 Å². The van der Waals surface area contributed by atoms with Gasteiger partial charge in [-0.2, -0.15) is 8.42 Å². The molecule has 0 saturated heterocycles. The lowest BCUT2D eigenvalue weighted by atomic mass is 10.0. The monoisotopic (exact) mass is 342 g/mol. The molecule has 0 fully saturated rings. The molecule has 0 aliphatic heterocycles. The number of carbonyl (C=O) groups is 1. The van der Waals surface area contributed by atoms with Crippen LogP contribution in [0.25, 0.3) is 6.08 Å². The van der Waals surface area contributed by atoms with E-state index in [0.29, 0.717) is 12.0 Å². The minimum atomic E-state index is -4.00. The molecule has 0 amide bonds. The summed E-state index contributed by atoms with van der Waals surface area (Å²) in [5.74, 6) is -0.184. The summed E-state index contributed by atoms with van der Waals surface area (Å²) >= 11 is 0. The summed E-state index contributed by atoms with van der Waals surface area (Å²) in [7, 11) is -4.00. The molecule has 0 spiro atoms. The van der Waals surface area contributed by atoms with E-state index in [9.17, 15) is 13.2 Å². The Kier molecular flexibility index (Phi) is 4.05. The van der Waals surface area contributed by atoms with E-state index in [0.717, 1.165) is 16.7 Å². The van der Waals surface area contributed by atoms with Gasteiger partial charge < -0.3 is 4.18 Å². The molecule has 0 heterocycles. The number of hydrogen-bond acceptors (Lipinski definition) is 4. The first-order valence-corrected chi connectivity index (χ1v) is 9.07. The van der Waals surface area contributed by atoms with Gasteiger partial charge >= 0.3 is 10.1 Å². The van der Waals surface area contributed by atoms with E-state index in [1.165, 1.54) is 12.1 Å². The highest BCUT2D eigenvalue weighted by atomic mass is 32.2. The average Bonchev–Trinajstić information content (AvgIpc) is 2.82. The molecule has 1 unspecified atom stereocenters. The van der Waals surface area contributed by atoms with Crippen molar-refractivity contribution in [1.29, 1.82) is 0 Å². The lowest BCUT2D eigenvalue weighted by Gasteiger charge is -2.12. The largest absolute Gasteiger partial charge is 0.378 e. The Hall–Kier alpha value is -2.40. The lowest BCUT2D eigenvalue weighted by molar-refractivity contribution is 0.0945. The number of carbonyl (C=O) groups excluding carboxylic acids is 1. The minimum Gasteiger partial charge on any atom is -0.378 e. The van der Waals surface area contributed by atoms with Gasteiger partial charge in [0.15, 0.2) is 11.5 Å². The molecule has 0 bridgehead atoms. The molecular weight excluding hydrogens is 324 g/mol. The van der Waals surface area contributed by atoms with Crippen LogP contribution in [0.5, 0.6) is 5.75 Å². The molecule has 124 valence electrons. The molecule has 1 atom stereocenters. The Morgan fingerprint density at radius 2 is 1.88 bits per heavy atom. The number of aryl methyl sites for hydroxylation is 1. The lowest BCUT2D eigenvalue weighted by Crippen LogP contribution is -2.13. The van der Waals surface area contributed by atoms with Crippen molar-refractivity contribution in [2.75, 3.05) is 0 Å². The zero-order valence-corrected chi connectivity index (χ0v) is 14.4. The smallest absolute Gasteiger partial charge is 0.339 e. The molecule has 1 aliphatic carbocycles. The zero-order chi connectivity index (χ0) is 17.5. The Balaban J connectivity index is 2.07. The van der Waals surface area contributed by atoms with E-state index in [-0.39, 0.29) is 22.3 Å². The molecular formula is C19H18O4S. The molecule has 3 rings (SSSR count). The van der Waals surface area contributed by atoms with Crippen molar-refractivity contribution in [2.24, 2.45) is 5.92 Å². The normalized spacial score (nSPS) is 16.8. The standard InChI is InChI=1S/C19H18O4S/c1-4-14-10-15-9-13(3)19(20)18(15)17(11-14)23-24(21,22)16-7-5-12(2)6-8-16/h4-8,10-11,13H,1,9H2,2-3H3. The molecule has 4 nitrogen and oxygen atoms in total. The van der Waals surface area contributed by atoms with E-state index in [2.05, 4.69) is 6.58 Å². The van der Waals surface area contributed by atoms with Gasteiger partial charge in [0.05, 0.1) is 5.56 Å². The second-order valence-corrected chi connectivity index (χ2v) is 7.62. The van der Waals surface area contributed by atoms with Crippen molar-refractivity contribution >= 4 is 22.0 Å².